The Kier molecular flexibility index (Phi) is 13.7. The summed E-state index contributed by atoms with van der Waals surface area (Å²) >= 11 is 0. The third-order valence-corrected chi connectivity index (χ3v) is 18.8. The third kappa shape index (κ3) is 8.69. The van der Waals surface area contributed by atoms with Crippen LogP contribution in [0.15, 0.2) is 147 Å². The first-order valence-electron chi connectivity index (χ1n) is 28.6. The van der Waals surface area contributed by atoms with Crippen LogP contribution in [0.25, 0.3) is 45.0 Å². The van der Waals surface area contributed by atoms with Crippen molar-refractivity contribution in [1.29, 1.82) is 0 Å². The molecule has 4 N–H and O–H groups in total. The quantitative estimate of drug-likeness (QED) is 0.136. The molecule has 12 heteroatoms. The lowest BCUT2D eigenvalue weighted by atomic mass is 9.79. The SMILES string of the molecule is O[C@@H]1CCCC[C@@H]1[C@H]1c2ccccc2-c2cncn21.O[C@@H]1CCCC[C@H]1[C@H]1c2ccccc2-c2cncn21.O[C@H]1CCCC[C@@H]1[C@H]1c2ccccc2-c2cncn21.O[C@H]1CCCC[C@H]1[C@H]1c2ccccc2-c2cncn21. The topological polar surface area (TPSA) is 152 Å². The van der Waals surface area contributed by atoms with Crippen LogP contribution >= 0.6 is 0 Å². The number of nitrogens with zero attached hydrogens (tertiary/aromatic N) is 8. The van der Waals surface area contributed by atoms with E-state index in [1.54, 1.807) is 0 Å². The highest BCUT2D eigenvalue weighted by molar-refractivity contribution is 5.72. The van der Waals surface area contributed by atoms with Crippen molar-refractivity contribution in [3.05, 3.63) is 169 Å². The normalized spacial score (nSPS) is 29.0. The van der Waals surface area contributed by atoms with Crippen molar-refractivity contribution < 1.29 is 20.4 Å². The lowest BCUT2D eigenvalue weighted by molar-refractivity contribution is 0.0502. The molecule has 8 heterocycles. The second kappa shape index (κ2) is 21.2. The number of fused-ring (bicyclic) bond motifs is 12. The first-order valence-corrected chi connectivity index (χ1v) is 28.6. The van der Waals surface area contributed by atoms with E-state index in [-0.39, 0.29) is 48.6 Å². The average Bonchev–Trinajstić information content (AvgIpc) is 4.34. The molecule has 12 nitrogen and oxygen atoms in total. The number of benzene rings is 4. The molecule has 0 amide bonds. The van der Waals surface area contributed by atoms with E-state index in [1.165, 1.54) is 93.0 Å². The van der Waals surface area contributed by atoms with Gasteiger partial charge in [-0.25, -0.2) is 19.9 Å². The van der Waals surface area contributed by atoms with Gasteiger partial charge in [0.1, 0.15) is 0 Å². The van der Waals surface area contributed by atoms with E-state index in [9.17, 15) is 20.4 Å². The number of aliphatic hydroxyl groups excluding tert-OH is 4. The fourth-order valence-electron chi connectivity index (χ4n) is 15.3. The second-order valence-electron chi connectivity index (χ2n) is 22.9. The van der Waals surface area contributed by atoms with Crippen LogP contribution in [0.3, 0.4) is 0 Å². The molecule has 4 aromatic carbocycles. The Balaban J connectivity index is 0.0000000970. The molecule has 12 atom stereocenters. The monoisotopic (exact) mass is 1020 g/mol. The van der Waals surface area contributed by atoms with Gasteiger partial charge in [-0.1, -0.05) is 148 Å². The summed E-state index contributed by atoms with van der Waals surface area (Å²) < 4.78 is 9.02. The van der Waals surface area contributed by atoms with Crippen molar-refractivity contribution in [2.45, 2.75) is 151 Å². The molecule has 8 aliphatic rings. The Morgan fingerprint density at radius 2 is 0.500 bits per heavy atom. The molecular formula is C64H72N8O4. The molecule has 0 unspecified atom stereocenters. The van der Waals surface area contributed by atoms with E-state index in [1.807, 2.05) is 50.1 Å². The van der Waals surface area contributed by atoms with E-state index in [2.05, 4.69) is 135 Å². The molecule has 4 aliphatic heterocycles. The highest BCUT2D eigenvalue weighted by Crippen LogP contribution is 2.51. The van der Waals surface area contributed by atoms with Crippen molar-refractivity contribution >= 4 is 0 Å². The highest BCUT2D eigenvalue weighted by Gasteiger charge is 2.42. The van der Waals surface area contributed by atoms with Crippen LogP contribution in [0.4, 0.5) is 0 Å². The summed E-state index contributed by atoms with van der Waals surface area (Å²) in [6.07, 6.45) is 32.4. The van der Waals surface area contributed by atoms with Gasteiger partial charge in [-0.3, -0.25) is 0 Å². The van der Waals surface area contributed by atoms with Crippen molar-refractivity contribution in [3.63, 3.8) is 0 Å². The van der Waals surface area contributed by atoms with Gasteiger partial charge in [-0.05, 0) is 73.6 Å². The fourth-order valence-corrected chi connectivity index (χ4v) is 15.3. The predicted octanol–water partition coefficient (Wildman–Crippen LogP) is 12.0. The van der Waals surface area contributed by atoms with Gasteiger partial charge < -0.3 is 38.7 Å². The Morgan fingerprint density at radius 3 is 0.724 bits per heavy atom. The van der Waals surface area contributed by atoms with Crippen LogP contribution < -0.4 is 0 Å². The number of rotatable bonds is 4. The van der Waals surface area contributed by atoms with Crippen LogP contribution in [0.1, 0.15) is 149 Å². The molecule has 0 radical (unpaired) electrons. The summed E-state index contributed by atoms with van der Waals surface area (Å²) in [5, 5.41) is 41.5. The number of aromatic nitrogens is 8. The summed E-state index contributed by atoms with van der Waals surface area (Å²) in [4.78, 5) is 17.2. The third-order valence-electron chi connectivity index (χ3n) is 18.8. The smallest absolute Gasteiger partial charge is 0.0956 e. The van der Waals surface area contributed by atoms with E-state index < -0.39 is 0 Å². The molecule has 4 aliphatic carbocycles. The largest absolute Gasteiger partial charge is 0.393 e. The zero-order chi connectivity index (χ0) is 51.3. The van der Waals surface area contributed by atoms with Gasteiger partial charge in [0.25, 0.3) is 0 Å². The number of hydrogen-bond donors (Lipinski definition) is 4. The first kappa shape index (κ1) is 49.2. The zero-order valence-electron chi connectivity index (χ0n) is 43.5. The lowest BCUT2D eigenvalue weighted by Gasteiger charge is -2.33. The Morgan fingerprint density at radius 1 is 0.289 bits per heavy atom. The number of hydrogen-bond acceptors (Lipinski definition) is 8. The maximum atomic E-state index is 10.4. The number of imidazole rings is 4. The van der Waals surface area contributed by atoms with Crippen molar-refractivity contribution in [1.82, 2.24) is 38.2 Å². The molecule has 4 fully saturated rings. The van der Waals surface area contributed by atoms with E-state index in [0.29, 0.717) is 23.7 Å². The summed E-state index contributed by atoms with van der Waals surface area (Å²) in [6, 6.07) is 35.2. The molecule has 0 bridgehead atoms. The Bertz CT molecular complexity index is 2850. The van der Waals surface area contributed by atoms with Gasteiger partial charge >= 0.3 is 0 Å². The van der Waals surface area contributed by atoms with Crippen LogP contribution in [0.5, 0.6) is 0 Å². The second-order valence-corrected chi connectivity index (χ2v) is 22.9. The van der Waals surface area contributed by atoms with Crippen molar-refractivity contribution in [3.8, 4) is 45.0 Å². The molecule has 4 saturated carbocycles. The Labute approximate surface area is 446 Å². The molecule has 8 aromatic rings. The fraction of sp³-hybridized carbons (Fsp3) is 0.438. The summed E-state index contributed by atoms with van der Waals surface area (Å²) in [6.45, 7) is 0. The minimum atomic E-state index is -0.180. The van der Waals surface area contributed by atoms with Crippen molar-refractivity contribution in [2.24, 2.45) is 23.7 Å². The molecule has 0 saturated heterocycles. The standard InChI is InChI=1S/4C16H18N2O/c4*19-15-8-4-3-7-13(15)16-12-6-2-1-5-11(12)14-9-17-10-18(14)16/h4*1-2,5-6,9-10,13,15-16,19H,3-4,7-8H2/t13-,15+,16+;13-,15+,16-;13-,15-,16+;13-,15-,16-/m0101/s1. The maximum absolute atomic E-state index is 10.4. The van der Waals surface area contributed by atoms with Crippen LogP contribution in [0.2, 0.25) is 0 Å². The van der Waals surface area contributed by atoms with Gasteiger partial charge in [-0.15, -0.1) is 0 Å². The molecule has 16 rings (SSSR count). The summed E-state index contributed by atoms with van der Waals surface area (Å²) in [5.41, 5.74) is 15.3. The lowest BCUT2D eigenvalue weighted by Crippen LogP contribution is -2.31. The molecule has 76 heavy (non-hydrogen) atoms. The van der Waals surface area contributed by atoms with E-state index >= 15 is 0 Å². The minimum Gasteiger partial charge on any atom is -0.393 e. The van der Waals surface area contributed by atoms with Gasteiger partial charge in [0.2, 0.25) is 0 Å². The van der Waals surface area contributed by atoms with E-state index in [0.717, 1.165) is 77.0 Å². The van der Waals surface area contributed by atoms with Crippen LogP contribution in [-0.4, -0.2) is 83.0 Å². The van der Waals surface area contributed by atoms with Gasteiger partial charge in [0.05, 0.1) is 121 Å². The molecule has 392 valence electrons. The number of aliphatic hydroxyl groups is 4. The summed E-state index contributed by atoms with van der Waals surface area (Å²) in [7, 11) is 0. The highest BCUT2D eigenvalue weighted by atomic mass is 16.3. The predicted molar refractivity (Wildman–Crippen MR) is 295 cm³/mol. The zero-order valence-corrected chi connectivity index (χ0v) is 43.5. The molecule has 4 aromatic heterocycles. The van der Waals surface area contributed by atoms with Crippen LogP contribution in [-0.2, 0) is 0 Å². The van der Waals surface area contributed by atoms with Gasteiger partial charge in [-0.2, -0.15) is 0 Å². The molecule has 0 spiro atoms. The molecular weight excluding hydrogens is 945 g/mol. The maximum Gasteiger partial charge on any atom is 0.0956 e. The summed E-state index contributed by atoms with van der Waals surface area (Å²) in [5.74, 6) is 1.30. The average molecular weight is 1020 g/mol. The van der Waals surface area contributed by atoms with Gasteiger partial charge in [0.15, 0.2) is 0 Å². The van der Waals surface area contributed by atoms with Crippen molar-refractivity contribution in [2.75, 3.05) is 0 Å². The minimum absolute atomic E-state index is 0.180. The van der Waals surface area contributed by atoms with Crippen LogP contribution in [0, 0.1) is 23.7 Å². The first-order chi connectivity index (χ1) is 37.4. The van der Waals surface area contributed by atoms with Gasteiger partial charge in [0, 0.05) is 45.9 Å². The Hall–Kier alpha value is -6.44. The van der Waals surface area contributed by atoms with E-state index in [4.69, 9.17) is 0 Å².